The van der Waals surface area contributed by atoms with Crippen molar-refractivity contribution in [2.75, 3.05) is 13.1 Å². The maximum atomic E-state index is 13.1. The molecule has 0 amide bonds. The Balaban J connectivity index is 0.00000400. The molecule has 1 unspecified atom stereocenters. The highest BCUT2D eigenvalue weighted by molar-refractivity contribution is 14.0. The standard InChI is InChI=1S/C15H24FN3O.HI/c1-4-13(10-19-15(17)18-9-11(2)3)20-14-7-5-6-12(16)8-14;/h5-8,11,13H,4,9-10H2,1-3H3,(H3,17,18,19);1H. The monoisotopic (exact) mass is 409 g/mol. The number of nitrogens with two attached hydrogens (primary N) is 1. The van der Waals surface area contributed by atoms with Gasteiger partial charge in [-0.15, -0.1) is 24.0 Å². The molecule has 0 spiro atoms. The van der Waals surface area contributed by atoms with Gasteiger partial charge in [0, 0.05) is 12.6 Å². The van der Waals surface area contributed by atoms with Crippen molar-refractivity contribution >= 4 is 29.9 Å². The third-order valence-electron chi connectivity index (χ3n) is 2.69. The van der Waals surface area contributed by atoms with E-state index in [1.807, 2.05) is 6.92 Å². The summed E-state index contributed by atoms with van der Waals surface area (Å²) in [6.45, 7) is 7.41. The number of rotatable bonds is 7. The van der Waals surface area contributed by atoms with Crippen LogP contribution in [0.5, 0.6) is 5.75 Å². The summed E-state index contributed by atoms with van der Waals surface area (Å²) < 4.78 is 18.8. The van der Waals surface area contributed by atoms with Crippen LogP contribution >= 0.6 is 24.0 Å². The molecule has 21 heavy (non-hydrogen) atoms. The first kappa shape index (κ1) is 19.9. The van der Waals surface area contributed by atoms with Gasteiger partial charge in [0.1, 0.15) is 17.7 Å². The Kier molecular flexibility index (Phi) is 10.1. The highest BCUT2D eigenvalue weighted by atomic mass is 127. The molecule has 1 aromatic carbocycles. The summed E-state index contributed by atoms with van der Waals surface area (Å²) in [4.78, 5) is 4.22. The highest BCUT2D eigenvalue weighted by Crippen LogP contribution is 2.14. The quantitative estimate of drug-likeness (QED) is 0.413. The fourth-order valence-electron chi connectivity index (χ4n) is 1.56. The van der Waals surface area contributed by atoms with Gasteiger partial charge in [-0.2, -0.15) is 0 Å². The third-order valence-corrected chi connectivity index (χ3v) is 2.69. The Labute approximate surface area is 143 Å². The predicted octanol–water partition coefficient (Wildman–Crippen LogP) is 3.16. The average molecular weight is 409 g/mol. The Morgan fingerprint density at radius 1 is 1.43 bits per heavy atom. The van der Waals surface area contributed by atoms with E-state index in [0.717, 1.165) is 6.42 Å². The lowest BCUT2D eigenvalue weighted by Gasteiger charge is -2.18. The molecular weight excluding hydrogens is 384 g/mol. The van der Waals surface area contributed by atoms with Crippen molar-refractivity contribution in [2.45, 2.75) is 33.3 Å². The first-order valence-electron chi connectivity index (χ1n) is 6.97. The van der Waals surface area contributed by atoms with E-state index >= 15 is 0 Å². The SMILES string of the molecule is CCC(CNC(N)=NCC(C)C)Oc1cccc(F)c1.I. The van der Waals surface area contributed by atoms with Crippen LogP contribution in [0.3, 0.4) is 0 Å². The minimum absolute atomic E-state index is 0. The lowest BCUT2D eigenvalue weighted by atomic mass is 10.2. The molecule has 0 aromatic heterocycles. The molecule has 0 heterocycles. The highest BCUT2D eigenvalue weighted by Gasteiger charge is 2.09. The molecule has 4 nitrogen and oxygen atoms in total. The Bertz CT molecular complexity index is 441. The smallest absolute Gasteiger partial charge is 0.188 e. The zero-order chi connectivity index (χ0) is 15.0. The van der Waals surface area contributed by atoms with Gasteiger partial charge in [0.05, 0.1) is 6.54 Å². The molecule has 120 valence electrons. The maximum absolute atomic E-state index is 13.1. The molecule has 6 heteroatoms. The molecular formula is C15H25FIN3O. The van der Waals surface area contributed by atoms with Gasteiger partial charge in [0.25, 0.3) is 0 Å². The number of hydrogen-bond acceptors (Lipinski definition) is 2. The zero-order valence-electron chi connectivity index (χ0n) is 12.8. The molecule has 0 bridgehead atoms. The molecule has 0 aliphatic carbocycles. The molecule has 0 saturated carbocycles. The van der Waals surface area contributed by atoms with Crippen LogP contribution in [-0.4, -0.2) is 25.2 Å². The molecule has 3 N–H and O–H groups in total. The van der Waals surface area contributed by atoms with Crippen LogP contribution in [0.4, 0.5) is 4.39 Å². The fraction of sp³-hybridized carbons (Fsp3) is 0.533. The zero-order valence-corrected chi connectivity index (χ0v) is 15.1. The summed E-state index contributed by atoms with van der Waals surface area (Å²) >= 11 is 0. The van der Waals surface area contributed by atoms with Crippen LogP contribution in [0.25, 0.3) is 0 Å². The van der Waals surface area contributed by atoms with Gasteiger partial charge in [-0.3, -0.25) is 4.99 Å². The number of hydrogen-bond donors (Lipinski definition) is 2. The maximum Gasteiger partial charge on any atom is 0.188 e. The number of halogens is 2. The van der Waals surface area contributed by atoms with Crippen LogP contribution in [0.15, 0.2) is 29.3 Å². The van der Waals surface area contributed by atoms with Crippen LogP contribution in [0.1, 0.15) is 27.2 Å². The fourth-order valence-corrected chi connectivity index (χ4v) is 1.56. The van der Waals surface area contributed by atoms with Gasteiger partial charge in [0.15, 0.2) is 5.96 Å². The van der Waals surface area contributed by atoms with E-state index in [-0.39, 0.29) is 35.9 Å². The van der Waals surface area contributed by atoms with Crippen molar-refractivity contribution in [3.05, 3.63) is 30.1 Å². The van der Waals surface area contributed by atoms with Crippen LogP contribution in [0, 0.1) is 11.7 Å². The van der Waals surface area contributed by atoms with Gasteiger partial charge >= 0.3 is 0 Å². The lowest BCUT2D eigenvalue weighted by molar-refractivity contribution is 0.199. The van der Waals surface area contributed by atoms with Gasteiger partial charge < -0.3 is 15.8 Å². The second kappa shape index (κ2) is 10.6. The number of benzene rings is 1. The normalized spacial score (nSPS) is 12.7. The van der Waals surface area contributed by atoms with Crippen molar-refractivity contribution < 1.29 is 9.13 Å². The lowest BCUT2D eigenvalue weighted by Crippen LogP contribution is -2.39. The summed E-state index contributed by atoms with van der Waals surface area (Å²) in [5.41, 5.74) is 5.77. The number of nitrogens with zero attached hydrogens (tertiary/aromatic N) is 1. The van der Waals surface area contributed by atoms with Crippen molar-refractivity contribution in [1.82, 2.24) is 5.32 Å². The van der Waals surface area contributed by atoms with Gasteiger partial charge in [0.2, 0.25) is 0 Å². The molecule has 1 atom stereocenters. The van der Waals surface area contributed by atoms with Crippen LogP contribution in [-0.2, 0) is 0 Å². The third kappa shape index (κ3) is 8.75. The molecule has 0 radical (unpaired) electrons. The average Bonchev–Trinajstić information content (AvgIpc) is 2.41. The van der Waals surface area contributed by atoms with E-state index in [1.54, 1.807) is 12.1 Å². The molecule has 0 aliphatic heterocycles. The van der Waals surface area contributed by atoms with Gasteiger partial charge in [-0.05, 0) is 24.5 Å². The second-order valence-electron chi connectivity index (χ2n) is 5.11. The van der Waals surface area contributed by atoms with Crippen LogP contribution < -0.4 is 15.8 Å². The summed E-state index contributed by atoms with van der Waals surface area (Å²) in [6.07, 6.45) is 0.714. The number of aliphatic imine (C=N–C) groups is 1. The number of ether oxygens (including phenoxy) is 1. The first-order valence-corrected chi connectivity index (χ1v) is 6.97. The minimum Gasteiger partial charge on any atom is -0.489 e. The number of guanidine groups is 1. The molecule has 0 fully saturated rings. The minimum atomic E-state index is -0.302. The molecule has 1 aromatic rings. The number of nitrogens with one attached hydrogen (secondary N) is 1. The second-order valence-corrected chi connectivity index (χ2v) is 5.11. The van der Waals surface area contributed by atoms with Crippen molar-refractivity contribution in [1.29, 1.82) is 0 Å². The summed E-state index contributed by atoms with van der Waals surface area (Å²) in [6, 6.07) is 6.13. The van der Waals surface area contributed by atoms with Gasteiger partial charge in [-0.1, -0.05) is 26.8 Å². The van der Waals surface area contributed by atoms with Crippen molar-refractivity contribution in [3.8, 4) is 5.75 Å². The molecule has 1 rings (SSSR count). The van der Waals surface area contributed by atoms with Crippen molar-refractivity contribution in [2.24, 2.45) is 16.6 Å². The van der Waals surface area contributed by atoms with Crippen molar-refractivity contribution in [3.63, 3.8) is 0 Å². The predicted molar refractivity (Wildman–Crippen MR) is 95.9 cm³/mol. The van der Waals surface area contributed by atoms with E-state index in [1.165, 1.54) is 12.1 Å². The van der Waals surface area contributed by atoms with E-state index in [9.17, 15) is 4.39 Å². The summed E-state index contributed by atoms with van der Waals surface area (Å²) in [5.74, 6) is 1.11. The largest absolute Gasteiger partial charge is 0.489 e. The Morgan fingerprint density at radius 2 is 2.14 bits per heavy atom. The van der Waals surface area contributed by atoms with Crippen LogP contribution in [0.2, 0.25) is 0 Å². The Hall–Kier alpha value is -1.05. The first-order chi connectivity index (χ1) is 9.51. The van der Waals surface area contributed by atoms with E-state index in [4.69, 9.17) is 10.5 Å². The topological polar surface area (TPSA) is 59.6 Å². The van der Waals surface area contributed by atoms with E-state index in [2.05, 4.69) is 24.2 Å². The van der Waals surface area contributed by atoms with E-state index in [0.29, 0.717) is 30.7 Å². The van der Waals surface area contributed by atoms with Gasteiger partial charge in [-0.25, -0.2) is 4.39 Å². The van der Waals surface area contributed by atoms with E-state index < -0.39 is 0 Å². The molecule has 0 saturated heterocycles. The Morgan fingerprint density at radius 3 is 2.71 bits per heavy atom. The summed E-state index contributed by atoms with van der Waals surface area (Å²) in [7, 11) is 0. The molecule has 0 aliphatic rings. The summed E-state index contributed by atoms with van der Waals surface area (Å²) in [5, 5.41) is 3.03.